The molecular formula is C42H24N2O2. The average Bonchev–Trinajstić information content (AvgIpc) is 3.79. The zero-order valence-electron chi connectivity index (χ0n) is 24.6. The van der Waals surface area contributed by atoms with Gasteiger partial charge in [0, 0.05) is 32.3 Å². The molecule has 7 aromatic carbocycles. The first kappa shape index (κ1) is 24.1. The van der Waals surface area contributed by atoms with Gasteiger partial charge >= 0.3 is 0 Å². The van der Waals surface area contributed by atoms with Crippen LogP contribution in [0.5, 0.6) is 0 Å². The van der Waals surface area contributed by atoms with Gasteiger partial charge in [-0.2, -0.15) is 0 Å². The van der Waals surface area contributed by atoms with Crippen LogP contribution in [0.25, 0.3) is 82.5 Å². The predicted octanol–water partition coefficient (Wildman–Crippen LogP) is 12.0. The molecule has 0 unspecified atom stereocenters. The summed E-state index contributed by atoms with van der Waals surface area (Å²) in [5, 5.41) is 6.98. The summed E-state index contributed by atoms with van der Waals surface area (Å²) in [5.74, 6) is 0. The number of para-hydroxylation sites is 6. The number of nitrogens with zero attached hydrogens (tertiary/aromatic N) is 2. The number of hydrogen-bond acceptors (Lipinski definition) is 3. The number of aromatic nitrogens is 1. The summed E-state index contributed by atoms with van der Waals surface area (Å²) in [6, 6.07) is 51.7. The molecule has 46 heavy (non-hydrogen) atoms. The average molecular weight is 589 g/mol. The molecule has 0 amide bonds. The number of rotatable bonds is 2. The van der Waals surface area contributed by atoms with Crippen molar-refractivity contribution in [2.75, 3.05) is 4.90 Å². The summed E-state index contributed by atoms with van der Waals surface area (Å²) in [6.07, 6.45) is 0. The van der Waals surface area contributed by atoms with Crippen LogP contribution in [0, 0.1) is 0 Å². The summed E-state index contributed by atoms with van der Waals surface area (Å²) in [6.45, 7) is 0. The van der Waals surface area contributed by atoms with E-state index in [4.69, 9.17) is 8.83 Å². The second-order valence-corrected chi connectivity index (χ2v) is 12.1. The first-order chi connectivity index (χ1) is 22.8. The molecule has 1 aliphatic heterocycles. The van der Waals surface area contributed by atoms with Gasteiger partial charge in [-0.15, -0.1) is 0 Å². The highest BCUT2D eigenvalue weighted by Crippen LogP contribution is 2.51. The van der Waals surface area contributed by atoms with E-state index in [0.29, 0.717) is 0 Å². The highest BCUT2D eigenvalue weighted by molar-refractivity contribution is 6.19. The molecule has 4 heteroatoms. The first-order valence-corrected chi connectivity index (χ1v) is 15.6. The van der Waals surface area contributed by atoms with Crippen LogP contribution >= 0.6 is 0 Å². The number of hydrogen-bond donors (Lipinski definition) is 0. The smallest absolute Gasteiger partial charge is 0.159 e. The Morgan fingerprint density at radius 2 is 0.957 bits per heavy atom. The molecule has 0 spiro atoms. The van der Waals surface area contributed by atoms with Crippen LogP contribution in [-0.2, 0) is 0 Å². The van der Waals surface area contributed by atoms with Crippen LogP contribution < -0.4 is 4.90 Å². The van der Waals surface area contributed by atoms with Crippen molar-refractivity contribution in [2.45, 2.75) is 0 Å². The molecule has 4 nitrogen and oxygen atoms in total. The molecule has 3 aromatic heterocycles. The third kappa shape index (κ3) is 3.07. The van der Waals surface area contributed by atoms with E-state index in [2.05, 4.69) is 131 Å². The van der Waals surface area contributed by atoms with E-state index in [9.17, 15) is 0 Å². The molecule has 0 N–H and O–H groups in total. The van der Waals surface area contributed by atoms with E-state index in [1.807, 2.05) is 24.3 Å². The molecular weight excluding hydrogens is 564 g/mol. The van der Waals surface area contributed by atoms with Gasteiger partial charge in [0.25, 0.3) is 0 Å². The Balaban J connectivity index is 1.18. The maximum atomic E-state index is 6.56. The number of benzene rings is 7. The van der Waals surface area contributed by atoms with Crippen molar-refractivity contribution in [1.29, 1.82) is 0 Å². The van der Waals surface area contributed by atoms with Crippen molar-refractivity contribution in [2.24, 2.45) is 0 Å². The van der Waals surface area contributed by atoms with Crippen LogP contribution in [0.4, 0.5) is 17.1 Å². The lowest BCUT2D eigenvalue weighted by molar-refractivity contribution is 0.668. The molecule has 214 valence electrons. The predicted molar refractivity (Wildman–Crippen MR) is 189 cm³/mol. The van der Waals surface area contributed by atoms with Crippen LogP contribution in [0.3, 0.4) is 0 Å². The lowest BCUT2D eigenvalue weighted by atomic mass is 10.0. The third-order valence-electron chi connectivity index (χ3n) is 9.70. The van der Waals surface area contributed by atoms with Gasteiger partial charge in [-0.1, -0.05) is 84.9 Å². The van der Waals surface area contributed by atoms with Gasteiger partial charge in [-0.25, -0.2) is 0 Å². The van der Waals surface area contributed by atoms with Gasteiger partial charge in [0.15, 0.2) is 5.58 Å². The minimum atomic E-state index is 0.893. The summed E-state index contributed by atoms with van der Waals surface area (Å²) < 4.78 is 15.1. The number of fused-ring (bicyclic) bond motifs is 11. The normalized spacial score (nSPS) is 12.7. The van der Waals surface area contributed by atoms with Crippen molar-refractivity contribution in [3.05, 3.63) is 146 Å². The van der Waals surface area contributed by atoms with Crippen molar-refractivity contribution in [3.63, 3.8) is 0 Å². The minimum absolute atomic E-state index is 0.893. The van der Waals surface area contributed by atoms with E-state index in [1.54, 1.807) is 0 Å². The molecule has 0 fully saturated rings. The first-order valence-electron chi connectivity index (χ1n) is 15.6. The van der Waals surface area contributed by atoms with E-state index in [-0.39, 0.29) is 0 Å². The molecule has 0 saturated carbocycles. The molecule has 4 heterocycles. The van der Waals surface area contributed by atoms with Crippen LogP contribution in [0.15, 0.2) is 154 Å². The Bertz CT molecular complexity index is 2880. The van der Waals surface area contributed by atoms with Crippen molar-refractivity contribution < 1.29 is 8.83 Å². The van der Waals surface area contributed by atoms with Gasteiger partial charge in [-0.3, -0.25) is 0 Å². The molecule has 0 bridgehead atoms. The van der Waals surface area contributed by atoms with Gasteiger partial charge in [-0.05, 0) is 71.8 Å². The highest BCUT2D eigenvalue weighted by Gasteiger charge is 2.30. The second kappa shape index (κ2) is 8.68. The van der Waals surface area contributed by atoms with Gasteiger partial charge < -0.3 is 18.3 Å². The molecule has 0 atom stereocenters. The summed E-state index contributed by atoms with van der Waals surface area (Å²) >= 11 is 0. The van der Waals surface area contributed by atoms with E-state index >= 15 is 0 Å². The van der Waals surface area contributed by atoms with Crippen molar-refractivity contribution >= 4 is 82.7 Å². The van der Waals surface area contributed by atoms with Crippen molar-refractivity contribution in [3.8, 4) is 16.8 Å². The fourth-order valence-corrected chi connectivity index (χ4v) is 7.71. The number of furan rings is 2. The standard InChI is InChI=1S/C42H24N2O2/c1-6-18-39-27(9-1)30-12-8-16-37(42(30)46-39)43-34-13-3-4-14-35(34)44-33-21-19-25(23-31(33)29-11-7-15-36(43)41(29)44)26-20-22-40-32(24-26)28-10-2-5-17-38(28)45-40/h1-24H. The number of anilines is 3. The van der Waals surface area contributed by atoms with Gasteiger partial charge in [0.2, 0.25) is 0 Å². The Morgan fingerprint density at radius 3 is 1.80 bits per heavy atom. The zero-order valence-corrected chi connectivity index (χ0v) is 24.6. The van der Waals surface area contributed by atoms with Gasteiger partial charge in [0.05, 0.1) is 33.8 Å². The molecule has 11 rings (SSSR count). The summed E-state index contributed by atoms with van der Waals surface area (Å²) in [4.78, 5) is 2.38. The van der Waals surface area contributed by atoms with Crippen LogP contribution in [0.2, 0.25) is 0 Å². The largest absolute Gasteiger partial charge is 0.456 e. The fourth-order valence-electron chi connectivity index (χ4n) is 7.71. The summed E-state index contributed by atoms with van der Waals surface area (Å²) in [5.41, 5.74) is 12.8. The third-order valence-corrected chi connectivity index (χ3v) is 9.70. The Kier molecular flexibility index (Phi) is 4.55. The molecule has 0 aliphatic carbocycles. The minimum Gasteiger partial charge on any atom is -0.456 e. The lowest BCUT2D eigenvalue weighted by Crippen LogP contribution is -2.18. The fraction of sp³-hybridized carbons (Fsp3) is 0. The lowest BCUT2D eigenvalue weighted by Gasteiger charge is -2.33. The molecule has 1 aliphatic rings. The topological polar surface area (TPSA) is 34.5 Å². The Morgan fingerprint density at radius 1 is 0.370 bits per heavy atom. The Labute approximate surface area is 262 Å². The Hall–Kier alpha value is -6.26. The van der Waals surface area contributed by atoms with Crippen LogP contribution in [-0.4, -0.2) is 4.57 Å². The van der Waals surface area contributed by atoms with Crippen LogP contribution in [0.1, 0.15) is 0 Å². The molecule has 0 saturated heterocycles. The summed E-state index contributed by atoms with van der Waals surface area (Å²) in [7, 11) is 0. The van der Waals surface area contributed by atoms with E-state index < -0.39 is 0 Å². The maximum Gasteiger partial charge on any atom is 0.159 e. The van der Waals surface area contributed by atoms with Gasteiger partial charge in [0.1, 0.15) is 16.7 Å². The zero-order chi connectivity index (χ0) is 29.9. The monoisotopic (exact) mass is 588 g/mol. The maximum absolute atomic E-state index is 6.56. The molecule has 0 radical (unpaired) electrons. The highest BCUT2D eigenvalue weighted by atomic mass is 16.3. The van der Waals surface area contributed by atoms with E-state index in [1.165, 1.54) is 32.9 Å². The SMILES string of the molecule is c1ccc2c(c1)N(c1cccc3c1oc1ccccc13)c1cccc3c4cc(-c5ccc6oc7ccccc7c6c5)ccc4n-2c13. The quantitative estimate of drug-likeness (QED) is 0.201. The molecule has 10 aromatic rings. The van der Waals surface area contributed by atoms with Crippen molar-refractivity contribution in [1.82, 2.24) is 4.57 Å². The second-order valence-electron chi connectivity index (χ2n) is 12.1. The van der Waals surface area contributed by atoms with E-state index in [0.717, 1.165) is 66.6 Å².